The molecular weight excluding hydrogens is 214 g/mol. The number of nitrogens with two attached hydrogens (primary N) is 2. The molecule has 0 spiro atoms. The highest BCUT2D eigenvalue weighted by Gasteiger charge is 2.57. The molecule has 16 heavy (non-hydrogen) atoms. The lowest BCUT2D eigenvalue weighted by Crippen LogP contribution is -2.77. The first-order chi connectivity index (χ1) is 7.14. The average Bonchev–Trinajstić information content (AvgIpc) is 2.24. The van der Waals surface area contributed by atoms with Crippen LogP contribution in [0.5, 0.6) is 0 Å². The van der Waals surface area contributed by atoms with E-state index >= 15 is 0 Å². The molecule has 0 saturated carbocycles. The van der Waals surface area contributed by atoms with Crippen molar-refractivity contribution in [2.24, 2.45) is 11.5 Å². The van der Waals surface area contributed by atoms with E-state index in [0.29, 0.717) is 5.57 Å². The van der Waals surface area contributed by atoms with Crippen LogP contribution in [0.2, 0.25) is 0 Å². The van der Waals surface area contributed by atoms with Crippen molar-refractivity contribution < 1.29 is 19.7 Å². The van der Waals surface area contributed by atoms with Crippen molar-refractivity contribution in [3.63, 3.8) is 0 Å². The summed E-state index contributed by atoms with van der Waals surface area (Å²) < 4.78 is 9.72. The van der Waals surface area contributed by atoms with Crippen LogP contribution in [-0.2, 0) is 9.47 Å². The van der Waals surface area contributed by atoms with Gasteiger partial charge in [0.2, 0.25) is 0 Å². The smallest absolute Gasteiger partial charge is 0.272 e. The zero-order valence-electron chi connectivity index (χ0n) is 9.87. The van der Waals surface area contributed by atoms with Gasteiger partial charge in [0.1, 0.15) is 5.54 Å². The molecule has 0 aromatic heterocycles. The van der Waals surface area contributed by atoms with Gasteiger partial charge in [-0.3, -0.25) is 0 Å². The van der Waals surface area contributed by atoms with E-state index in [1.807, 2.05) is 0 Å². The molecule has 94 valence electrons. The minimum atomic E-state index is -2.01. The van der Waals surface area contributed by atoms with E-state index in [9.17, 15) is 10.2 Å². The monoisotopic (exact) mass is 233 g/mol. The zero-order chi connectivity index (χ0) is 12.8. The summed E-state index contributed by atoms with van der Waals surface area (Å²) in [6.45, 7) is 3.12. The molecule has 1 aliphatic rings. The summed E-state index contributed by atoms with van der Waals surface area (Å²) in [4.78, 5) is 0. The molecule has 1 heterocycles. The Labute approximate surface area is 94.0 Å². The van der Waals surface area contributed by atoms with Crippen molar-refractivity contribution in [3.8, 4) is 0 Å². The molecule has 0 amide bonds. The minimum absolute atomic E-state index is 0.00160. The first-order valence-electron chi connectivity index (χ1n) is 4.75. The highest BCUT2D eigenvalue weighted by Crippen LogP contribution is 2.35. The maximum absolute atomic E-state index is 10.2. The molecule has 0 saturated heterocycles. The molecule has 0 aromatic carbocycles. The number of methoxy groups -OCH3 is 2. The third-order valence-electron chi connectivity index (χ3n) is 3.18. The Hall–Kier alpha value is -0.700. The Kier molecular flexibility index (Phi) is 3.05. The lowest BCUT2D eigenvalue weighted by atomic mass is 9.84. The van der Waals surface area contributed by atoms with Crippen molar-refractivity contribution in [2.75, 3.05) is 14.2 Å². The molecule has 1 rings (SSSR count). The van der Waals surface area contributed by atoms with Gasteiger partial charge in [0, 0.05) is 14.2 Å². The second-order valence-electron chi connectivity index (χ2n) is 4.06. The summed E-state index contributed by atoms with van der Waals surface area (Å²) in [6, 6.07) is 0. The van der Waals surface area contributed by atoms with Crippen LogP contribution in [0.25, 0.3) is 0 Å². The van der Waals surface area contributed by atoms with Gasteiger partial charge in [-0.15, -0.1) is 0 Å². The van der Waals surface area contributed by atoms with Crippen LogP contribution in [0, 0.1) is 0 Å². The second-order valence-corrected chi connectivity index (χ2v) is 4.06. The number of aliphatic hydroxyl groups is 2. The van der Waals surface area contributed by atoms with Gasteiger partial charge in [-0.1, -0.05) is 0 Å². The summed E-state index contributed by atoms with van der Waals surface area (Å²) in [5.41, 5.74) is 10.7. The van der Waals surface area contributed by atoms with E-state index in [1.54, 1.807) is 6.92 Å². The van der Waals surface area contributed by atoms with Crippen LogP contribution < -0.4 is 16.8 Å². The molecular formula is C9H19N3O4. The van der Waals surface area contributed by atoms with Gasteiger partial charge in [-0.2, -0.15) is 0 Å². The lowest BCUT2D eigenvalue weighted by Gasteiger charge is -2.50. The van der Waals surface area contributed by atoms with Gasteiger partial charge in [0.05, 0.1) is 5.70 Å². The number of hydrogen-bond donors (Lipinski definition) is 5. The van der Waals surface area contributed by atoms with Crippen LogP contribution in [0.15, 0.2) is 11.3 Å². The van der Waals surface area contributed by atoms with E-state index in [4.69, 9.17) is 20.9 Å². The summed E-state index contributed by atoms with van der Waals surface area (Å²) in [5.74, 6) is -3.99. The highest BCUT2D eigenvalue weighted by atomic mass is 16.7. The summed E-state index contributed by atoms with van der Waals surface area (Å²) in [5, 5.41) is 22.5. The van der Waals surface area contributed by atoms with Gasteiger partial charge in [0.25, 0.3) is 11.8 Å². The molecule has 3 unspecified atom stereocenters. The molecule has 0 bridgehead atoms. The molecule has 7 nitrogen and oxygen atoms in total. The predicted molar refractivity (Wildman–Crippen MR) is 56.5 cm³/mol. The molecule has 7 heteroatoms. The van der Waals surface area contributed by atoms with E-state index in [1.165, 1.54) is 21.1 Å². The molecule has 7 N–H and O–H groups in total. The molecule has 0 fully saturated rings. The molecule has 0 aromatic rings. The number of ether oxygens (including phenoxy) is 2. The van der Waals surface area contributed by atoms with Crippen LogP contribution in [0.1, 0.15) is 13.8 Å². The second kappa shape index (κ2) is 3.66. The molecule has 0 aliphatic carbocycles. The number of nitrogens with one attached hydrogen (secondary N) is 1. The van der Waals surface area contributed by atoms with E-state index in [-0.39, 0.29) is 5.70 Å². The standard InChI is InChI=1S/C9H19N3O4/c1-5-6(10)8(13,15-3)12-9(14,16-4)7(5,2)11/h12-14H,10-11H2,1-4H3. The minimum Gasteiger partial charge on any atom is -0.396 e. The Morgan fingerprint density at radius 1 is 1.25 bits per heavy atom. The fourth-order valence-electron chi connectivity index (χ4n) is 1.64. The fourth-order valence-corrected chi connectivity index (χ4v) is 1.64. The van der Waals surface area contributed by atoms with Crippen LogP contribution in [0.4, 0.5) is 0 Å². The Morgan fingerprint density at radius 2 is 1.75 bits per heavy atom. The first kappa shape index (κ1) is 13.4. The van der Waals surface area contributed by atoms with Crippen LogP contribution in [0.3, 0.4) is 0 Å². The van der Waals surface area contributed by atoms with Gasteiger partial charge in [-0.25, -0.2) is 5.32 Å². The van der Waals surface area contributed by atoms with E-state index < -0.39 is 17.4 Å². The van der Waals surface area contributed by atoms with E-state index in [2.05, 4.69) is 5.32 Å². The van der Waals surface area contributed by atoms with Gasteiger partial charge < -0.3 is 31.2 Å². The number of hydrogen-bond acceptors (Lipinski definition) is 7. The summed E-state index contributed by atoms with van der Waals surface area (Å²) in [7, 11) is 2.49. The highest BCUT2D eigenvalue weighted by molar-refractivity contribution is 5.32. The van der Waals surface area contributed by atoms with Gasteiger partial charge >= 0.3 is 0 Å². The largest absolute Gasteiger partial charge is 0.396 e. The molecule has 1 aliphatic heterocycles. The molecule has 0 radical (unpaired) electrons. The van der Waals surface area contributed by atoms with Crippen molar-refractivity contribution >= 4 is 0 Å². The Bertz CT molecular complexity index is 331. The normalized spacial score (nSPS) is 44.9. The fraction of sp³-hybridized carbons (Fsp3) is 0.778. The van der Waals surface area contributed by atoms with Crippen molar-refractivity contribution in [1.29, 1.82) is 0 Å². The number of rotatable bonds is 2. The summed E-state index contributed by atoms with van der Waals surface area (Å²) in [6.07, 6.45) is 0. The van der Waals surface area contributed by atoms with Crippen molar-refractivity contribution in [3.05, 3.63) is 11.3 Å². The first-order valence-corrected chi connectivity index (χ1v) is 4.75. The lowest BCUT2D eigenvalue weighted by molar-refractivity contribution is -0.317. The van der Waals surface area contributed by atoms with Gasteiger partial charge in [-0.05, 0) is 19.4 Å². The maximum Gasteiger partial charge on any atom is 0.272 e. The third-order valence-corrected chi connectivity index (χ3v) is 3.18. The third kappa shape index (κ3) is 1.53. The van der Waals surface area contributed by atoms with Gasteiger partial charge in [0.15, 0.2) is 0 Å². The summed E-state index contributed by atoms with van der Waals surface area (Å²) >= 11 is 0. The van der Waals surface area contributed by atoms with Crippen molar-refractivity contribution in [1.82, 2.24) is 5.32 Å². The van der Waals surface area contributed by atoms with Crippen LogP contribution >= 0.6 is 0 Å². The maximum atomic E-state index is 10.2. The Morgan fingerprint density at radius 3 is 2.12 bits per heavy atom. The van der Waals surface area contributed by atoms with E-state index in [0.717, 1.165) is 0 Å². The zero-order valence-corrected chi connectivity index (χ0v) is 9.87. The van der Waals surface area contributed by atoms with Crippen molar-refractivity contribution in [2.45, 2.75) is 31.2 Å². The SMILES string of the molecule is COC1(O)NC(O)(OC)C(C)(N)C(C)=C1N. The predicted octanol–water partition coefficient (Wildman–Crippen LogP) is -1.88. The van der Waals surface area contributed by atoms with Crippen LogP contribution in [-0.4, -0.2) is 41.8 Å². The Balaban J connectivity index is 3.37. The topological polar surface area (TPSA) is 123 Å². The average molecular weight is 233 g/mol. The quantitative estimate of drug-likeness (QED) is 0.354. The molecule has 3 atom stereocenters.